The van der Waals surface area contributed by atoms with Gasteiger partial charge in [0.1, 0.15) is 5.54 Å². The number of ether oxygens (including phenoxy) is 1. The summed E-state index contributed by atoms with van der Waals surface area (Å²) < 4.78 is 6.68. The number of benzene rings is 3. The predicted octanol–water partition coefficient (Wildman–Crippen LogP) is 4.35. The van der Waals surface area contributed by atoms with Gasteiger partial charge < -0.3 is 29.8 Å². The minimum atomic E-state index is -2.74. The summed E-state index contributed by atoms with van der Waals surface area (Å²) in [6.45, 7) is 8.17. The molecule has 0 bridgehead atoms. The molecule has 3 saturated heterocycles. The second-order valence-corrected chi connectivity index (χ2v) is 17.8. The molecule has 10 heteroatoms. The number of para-hydroxylation sites is 2. The summed E-state index contributed by atoms with van der Waals surface area (Å²) in [5, 5.41) is 13.2. The van der Waals surface area contributed by atoms with Crippen LogP contribution in [-0.2, 0) is 26.5 Å². The molecule has 3 fully saturated rings. The Hall–Kier alpha value is -3.54. The normalized spacial score (nSPS) is 27.3. The first kappa shape index (κ1) is 31.1. The predicted molar refractivity (Wildman–Crippen MR) is 181 cm³/mol. The molecule has 0 saturated carbocycles. The standard InChI is InChI=1S/C36H44N4O5Si/c1-25-32(46(2,3)44)31(17-22-41)45-36(25)29-11-7-8-12-30(29)38(34(36)43)23-26-13-15-27(16-14-26)39-24-40(28-9-5-4-6-10-28)35(33(39)42)18-20-37-21-19-35/h4-16,25,31-32,37,41,44H,17-24H2,1-3H3/t25-,31+,32-,36+/m1/s1. The maximum absolute atomic E-state index is 14.5. The zero-order valence-corrected chi connectivity index (χ0v) is 27.9. The van der Waals surface area contributed by atoms with E-state index in [2.05, 4.69) is 22.3 Å². The number of fused-ring (bicyclic) bond motifs is 2. The first-order valence-electron chi connectivity index (χ1n) is 16.5. The Morgan fingerprint density at radius 2 is 1.59 bits per heavy atom. The van der Waals surface area contributed by atoms with Gasteiger partial charge in [0.15, 0.2) is 13.9 Å². The highest BCUT2D eigenvalue weighted by atomic mass is 28.4. The number of hydrogen-bond donors (Lipinski definition) is 3. The van der Waals surface area contributed by atoms with Crippen molar-refractivity contribution in [1.29, 1.82) is 0 Å². The fourth-order valence-electron chi connectivity index (χ4n) is 8.72. The maximum atomic E-state index is 14.5. The summed E-state index contributed by atoms with van der Waals surface area (Å²) in [5.41, 5.74) is 2.49. The number of hydrogen-bond acceptors (Lipinski definition) is 7. The molecule has 0 aliphatic carbocycles. The average Bonchev–Trinajstić information content (AvgIpc) is 3.60. The Morgan fingerprint density at radius 3 is 2.26 bits per heavy atom. The number of aliphatic hydroxyl groups excluding tert-OH is 1. The lowest BCUT2D eigenvalue weighted by Gasteiger charge is -2.39. The topological polar surface area (TPSA) is 106 Å². The molecule has 0 unspecified atom stereocenters. The van der Waals surface area contributed by atoms with E-state index in [1.807, 2.05) is 91.6 Å². The van der Waals surface area contributed by atoms with Crippen LogP contribution in [-0.4, -0.2) is 68.0 Å². The summed E-state index contributed by atoms with van der Waals surface area (Å²) in [6, 6.07) is 26.0. The van der Waals surface area contributed by atoms with Gasteiger partial charge in [0.25, 0.3) is 11.8 Å². The molecular weight excluding hydrogens is 597 g/mol. The van der Waals surface area contributed by atoms with Gasteiger partial charge in [-0.1, -0.05) is 55.5 Å². The van der Waals surface area contributed by atoms with Crippen LogP contribution in [0.5, 0.6) is 0 Å². The van der Waals surface area contributed by atoms with Gasteiger partial charge in [0.05, 0.1) is 25.0 Å². The molecule has 3 aromatic rings. The van der Waals surface area contributed by atoms with Gasteiger partial charge in [-0.2, -0.15) is 0 Å². The third-order valence-corrected chi connectivity index (χ3v) is 13.3. The zero-order chi connectivity index (χ0) is 32.3. The van der Waals surface area contributed by atoms with Crippen molar-refractivity contribution in [2.75, 3.05) is 41.1 Å². The monoisotopic (exact) mass is 640 g/mol. The number of nitrogens with one attached hydrogen (secondary N) is 1. The van der Waals surface area contributed by atoms with Crippen LogP contribution >= 0.6 is 0 Å². The van der Waals surface area contributed by atoms with Crippen molar-refractivity contribution in [3.63, 3.8) is 0 Å². The van der Waals surface area contributed by atoms with Crippen molar-refractivity contribution in [2.45, 2.75) is 68.6 Å². The van der Waals surface area contributed by atoms with Crippen molar-refractivity contribution in [3.05, 3.63) is 90.0 Å². The highest BCUT2D eigenvalue weighted by molar-refractivity contribution is 6.71. The van der Waals surface area contributed by atoms with E-state index in [9.17, 15) is 19.5 Å². The Balaban J connectivity index is 1.16. The van der Waals surface area contributed by atoms with E-state index >= 15 is 0 Å². The summed E-state index contributed by atoms with van der Waals surface area (Å²) in [6.07, 6.45) is 1.48. The Bertz CT molecular complexity index is 1610. The minimum Gasteiger partial charge on any atom is -0.432 e. The second-order valence-electron chi connectivity index (χ2n) is 13.9. The quantitative estimate of drug-likeness (QED) is 0.330. The van der Waals surface area contributed by atoms with Crippen LogP contribution in [0.15, 0.2) is 78.9 Å². The van der Waals surface area contributed by atoms with Gasteiger partial charge >= 0.3 is 0 Å². The van der Waals surface area contributed by atoms with Crippen molar-refractivity contribution >= 4 is 37.2 Å². The molecule has 9 nitrogen and oxygen atoms in total. The van der Waals surface area contributed by atoms with Gasteiger partial charge in [-0.15, -0.1) is 0 Å². The fraction of sp³-hybridized carbons (Fsp3) is 0.444. The molecule has 46 heavy (non-hydrogen) atoms. The van der Waals surface area contributed by atoms with Crippen LogP contribution in [0.25, 0.3) is 0 Å². The molecule has 2 spiro atoms. The largest absolute Gasteiger partial charge is 0.432 e. The number of nitrogens with zero attached hydrogens (tertiary/aromatic N) is 3. The summed E-state index contributed by atoms with van der Waals surface area (Å²) >= 11 is 0. The summed E-state index contributed by atoms with van der Waals surface area (Å²) in [7, 11) is -2.74. The Labute approximate surface area is 271 Å². The minimum absolute atomic E-state index is 0.0685. The lowest BCUT2D eigenvalue weighted by molar-refractivity contribution is -0.146. The zero-order valence-electron chi connectivity index (χ0n) is 26.9. The smallest absolute Gasteiger partial charge is 0.264 e. The molecule has 4 heterocycles. The van der Waals surface area contributed by atoms with Crippen LogP contribution < -0.4 is 20.0 Å². The van der Waals surface area contributed by atoms with E-state index in [1.165, 1.54) is 0 Å². The molecule has 3 N–H and O–H groups in total. The molecule has 4 aliphatic heterocycles. The van der Waals surface area contributed by atoms with Crippen LogP contribution in [0.3, 0.4) is 0 Å². The fourth-order valence-corrected chi connectivity index (χ4v) is 11.3. The van der Waals surface area contributed by atoms with E-state index in [0.717, 1.165) is 54.1 Å². The first-order valence-corrected chi connectivity index (χ1v) is 19.5. The molecular formula is C36H44N4O5Si. The van der Waals surface area contributed by atoms with Crippen LogP contribution in [0, 0.1) is 5.92 Å². The molecule has 7 rings (SSSR count). The molecule has 0 radical (unpaired) electrons. The highest BCUT2D eigenvalue weighted by Gasteiger charge is 2.66. The third-order valence-electron chi connectivity index (χ3n) is 10.8. The Morgan fingerprint density at radius 1 is 0.913 bits per heavy atom. The number of carbonyl (C=O) groups is 2. The van der Waals surface area contributed by atoms with Crippen LogP contribution in [0.1, 0.15) is 37.3 Å². The van der Waals surface area contributed by atoms with Crippen LogP contribution in [0.4, 0.5) is 17.1 Å². The van der Waals surface area contributed by atoms with Crippen molar-refractivity contribution in [3.8, 4) is 0 Å². The number of anilines is 3. The first-order chi connectivity index (χ1) is 22.1. The van der Waals surface area contributed by atoms with Crippen molar-refractivity contribution < 1.29 is 24.2 Å². The van der Waals surface area contributed by atoms with Gasteiger partial charge in [0, 0.05) is 35.0 Å². The van der Waals surface area contributed by atoms with Crippen molar-refractivity contribution in [1.82, 2.24) is 5.32 Å². The van der Waals surface area contributed by atoms with Crippen LogP contribution in [0.2, 0.25) is 18.6 Å². The van der Waals surface area contributed by atoms with Gasteiger partial charge in [-0.05, 0) is 81.3 Å². The SMILES string of the molecule is C[C@@H]1[C@@H]([Si](C)(C)O)[C@H](CCO)O[C@@]12C(=O)N(Cc1ccc(N3CN(c4ccccc4)C4(CCNCC4)C3=O)cc1)c1ccccc12. The third kappa shape index (κ3) is 4.72. The maximum Gasteiger partial charge on any atom is 0.264 e. The van der Waals surface area contributed by atoms with E-state index < -0.39 is 25.6 Å². The van der Waals surface area contributed by atoms with Crippen molar-refractivity contribution in [2.24, 2.45) is 5.92 Å². The number of aliphatic hydroxyl groups is 1. The lowest BCUT2D eigenvalue weighted by Crippen LogP contribution is -2.55. The van der Waals surface area contributed by atoms with E-state index in [0.29, 0.717) is 19.6 Å². The summed E-state index contributed by atoms with van der Waals surface area (Å²) in [5.74, 6) is -0.256. The van der Waals surface area contributed by atoms with E-state index in [4.69, 9.17) is 4.74 Å². The molecule has 3 aromatic carbocycles. The second kappa shape index (κ2) is 11.6. The Kier molecular flexibility index (Phi) is 7.84. The molecule has 4 atom stereocenters. The molecule has 0 aromatic heterocycles. The number of amides is 2. The van der Waals surface area contributed by atoms with E-state index in [-0.39, 0.29) is 29.9 Å². The highest BCUT2D eigenvalue weighted by Crippen LogP contribution is 2.59. The van der Waals surface area contributed by atoms with Gasteiger partial charge in [-0.25, -0.2) is 0 Å². The lowest BCUT2D eigenvalue weighted by atomic mass is 9.82. The number of rotatable bonds is 7. The molecule has 2 amide bonds. The van der Waals surface area contributed by atoms with Gasteiger partial charge in [-0.3, -0.25) is 14.5 Å². The van der Waals surface area contributed by atoms with Gasteiger partial charge in [0.2, 0.25) is 0 Å². The summed E-state index contributed by atoms with van der Waals surface area (Å²) in [4.78, 5) is 45.8. The van der Waals surface area contributed by atoms with E-state index in [1.54, 1.807) is 4.90 Å². The molecule has 4 aliphatic rings. The number of piperidine rings is 1. The number of carbonyl (C=O) groups excluding carboxylic acids is 2. The molecule has 242 valence electrons. The average molecular weight is 641 g/mol.